The minimum absolute atomic E-state index is 0.0161. The highest BCUT2D eigenvalue weighted by atomic mass is 16.5. The Kier molecular flexibility index (Phi) is 17.8. The van der Waals surface area contributed by atoms with E-state index in [1.165, 1.54) is 34.1 Å². The number of nitrogens with one attached hydrogen (secondary N) is 8. The predicted molar refractivity (Wildman–Crippen MR) is 284 cm³/mol. The molecular formula is C56H76N10O10. The molecule has 0 bridgehead atoms. The lowest BCUT2D eigenvalue weighted by Crippen LogP contribution is -2.59. The second kappa shape index (κ2) is 23.9. The highest BCUT2D eigenvalue weighted by molar-refractivity contribution is 5.99. The molecule has 4 aliphatic rings. The van der Waals surface area contributed by atoms with E-state index in [2.05, 4.69) is 42.5 Å². The normalized spacial score (nSPS) is 22.7. The molecule has 20 heteroatoms. The van der Waals surface area contributed by atoms with E-state index in [4.69, 9.17) is 9.47 Å². The van der Waals surface area contributed by atoms with Gasteiger partial charge in [-0.05, 0) is 88.0 Å². The molecule has 76 heavy (non-hydrogen) atoms. The van der Waals surface area contributed by atoms with Gasteiger partial charge in [0.05, 0.1) is 37.4 Å². The van der Waals surface area contributed by atoms with Crippen LogP contribution in [0.2, 0.25) is 0 Å². The van der Waals surface area contributed by atoms with Gasteiger partial charge in [-0.2, -0.15) is 0 Å². The Balaban J connectivity index is 1.06. The topological polar surface area (TPSA) is 258 Å². The summed E-state index contributed by atoms with van der Waals surface area (Å²) >= 11 is 0. The fraction of sp³-hybridized carbons (Fsp3) is 0.536. The molecular weight excluding hydrogens is 973 g/mol. The van der Waals surface area contributed by atoms with Gasteiger partial charge in [-0.25, -0.2) is 0 Å². The number of para-hydroxylation sites is 2. The van der Waals surface area contributed by atoms with Crippen LogP contribution in [0.5, 0.6) is 11.5 Å². The van der Waals surface area contributed by atoms with E-state index in [0.717, 1.165) is 11.1 Å². The Labute approximate surface area is 445 Å². The molecule has 0 aliphatic carbocycles. The van der Waals surface area contributed by atoms with Gasteiger partial charge >= 0.3 is 0 Å². The summed E-state index contributed by atoms with van der Waals surface area (Å²) in [6.07, 6.45) is 1.21. The summed E-state index contributed by atoms with van der Waals surface area (Å²) in [4.78, 5) is 115. The Morgan fingerprint density at radius 1 is 0.526 bits per heavy atom. The molecule has 4 heterocycles. The molecule has 4 aliphatic heterocycles. The van der Waals surface area contributed by atoms with Crippen LogP contribution in [-0.4, -0.2) is 146 Å². The van der Waals surface area contributed by atoms with Crippen molar-refractivity contribution in [2.24, 2.45) is 10.8 Å². The van der Waals surface area contributed by atoms with Crippen LogP contribution in [0.1, 0.15) is 125 Å². The molecule has 20 nitrogen and oxygen atoms in total. The van der Waals surface area contributed by atoms with Gasteiger partial charge in [0.15, 0.2) is 0 Å². The third-order valence-corrected chi connectivity index (χ3v) is 14.9. The zero-order valence-corrected chi connectivity index (χ0v) is 45.3. The van der Waals surface area contributed by atoms with Crippen molar-refractivity contribution in [1.29, 1.82) is 0 Å². The van der Waals surface area contributed by atoms with Crippen molar-refractivity contribution in [2.75, 3.05) is 40.4 Å². The molecule has 8 amide bonds. The van der Waals surface area contributed by atoms with E-state index >= 15 is 0 Å². The lowest BCUT2D eigenvalue weighted by Gasteiger charge is -2.36. The van der Waals surface area contributed by atoms with Crippen LogP contribution in [-0.2, 0) is 28.8 Å². The average molecular weight is 1050 g/mol. The van der Waals surface area contributed by atoms with E-state index in [0.29, 0.717) is 37.6 Å². The summed E-state index contributed by atoms with van der Waals surface area (Å²) in [5.41, 5.74) is 0.564. The first-order chi connectivity index (χ1) is 36.0. The smallest absolute Gasteiger partial charge is 0.251 e. The van der Waals surface area contributed by atoms with Crippen molar-refractivity contribution in [3.63, 3.8) is 0 Å². The molecule has 3 aromatic rings. The summed E-state index contributed by atoms with van der Waals surface area (Å²) in [5, 5.41) is 23.9. The van der Waals surface area contributed by atoms with Crippen molar-refractivity contribution in [3.8, 4) is 11.5 Å². The molecule has 0 radical (unpaired) electrons. The van der Waals surface area contributed by atoms with Crippen LogP contribution >= 0.6 is 0 Å². The second-order valence-corrected chi connectivity index (χ2v) is 22.5. The third kappa shape index (κ3) is 13.1. The summed E-state index contributed by atoms with van der Waals surface area (Å²) < 4.78 is 11.6. The molecule has 0 spiro atoms. The van der Waals surface area contributed by atoms with Gasteiger partial charge < -0.3 is 61.8 Å². The number of hydrogen-bond acceptors (Lipinski definition) is 12. The summed E-state index contributed by atoms with van der Waals surface area (Å²) in [5.74, 6) is -2.17. The molecule has 0 aromatic heterocycles. The maximum absolute atomic E-state index is 14.6. The van der Waals surface area contributed by atoms with Gasteiger partial charge in [0, 0.05) is 60.3 Å². The van der Waals surface area contributed by atoms with Crippen molar-refractivity contribution in [3.05, 3.63) is 95.1 Å². The first kappa shape index (κ1) is 56.7. The molecule has 7 rings (SSSR count). The minimum Gasteiger partial charge on any atom is -0.493 e. The first-order valence-electron chi connectivity index (χ1n) is 26.3. The largest absolute Gasteiger partial charge is 0.493 e. The molecule has 3 aromatic carbocycles. The lowest BCUT2D eigenvalue weighted by atomic mass is 9.85. The number of benzene rings is 3. The van der Waals surface area contributed by atoms with E-state index in [1.54, 1.807) is 27.9 Å². The highest BCUT2D eigenvalue weighted by Crippen LogP contribution is 2.35. The standard InChI is InChI=1S/C56H76N10O10/c1-31(57-9)47(67)63-45(55(3,4)5)53(73)65-29-35(27-41(65)51(71)61-39-23-25-75-43-17-13-11-15-37(39)43)59-49(69)33-19-21-34(22-20-33)50(70)60-36-28-42(52(72)62-40-24-26-76-44-18-14-12-16-38(40)44)66(30-36)54(74)46(56(6,7)8)64-48(68)32(2)58-10/h11-22,31-32,35-36,39-42,45-46,57-58H,23-30H2,1-10H3,(H,59,69)(H,60,70)(H,61,71)(H,62,72)(H,63,67)(H,64,68). The fourth-order valence-corrected chi connectivity index (χ4v) is 10.1. The van der Waals surface area contributed by atoms with Crippen molar-refractivity contribution in [1.82, 2.24) is 52.3 Å². The number of ether oxygens (including phenoxy) is 2. The molecule has 10 atom stereocenters. The van der Waals surface area contributed by atoms with Crippen LogP contribution < -0.4 is 52.0 Å². The first-order valence-corrected chi connectivity index (χ1v) is 26.3. The van der Waals surface area contributed by atoms with Crippen LogP contribution in [0, 0.1) is 10.8 Å². The van der Waals surface area contributed by atoms with E-state index < -0.39 is 94.6 Å². The van der Waals surface area contributed by atoms with Crippen LogP contribution in [0.25, 0.3) is 0 Å². The maximum Gasteiger partial charge on any atom is 0.251 e. The van der Waals surface area contributed by atoms with E-state index in [-0.39, 0.29) is 61.0 Å². The van der Waals surface area contributed by atoms with Gasteiger partial charge in [0.2, 0.25) is 35.4 Å². The summed E-state index contributed by atoms with van der Waals surface area (Å²) in [6.45, 7) is 15.1. The number of rotatable bonds is 16. The van der Waals surface area contributed by atoms with Crippen molar-refractivity contribution >= 4 is 47.3 Å². The zero-order valence-electron chi connectivity index (χ0n) is 45.3. The average Bonchev–Trinajstić information content (AvgIpc) is 4.03. The predicted octanol–water partition coefficient (Wildman–Crippen LogP) is 2.64. The van der Waals surface area contributed by atoms with Gasteiger partial charge in [0.25, 0.3) is 11.8 Å². The maximum atomic E-state index is 14.6. The number of carbonyl (C=O) groups excluding carboxylic acids is 8. The number of likely N-dealkylation sites (tertiary alicyclic amines) is 2. The van der Waals surface area contributed by atoms with Crippen LogP contribution in [0.15, 0.2) is 72.8 Å². The zero-order chi connectivity index (χ0) is 55.2. The van der Waals surface area contributed by atoms with Crippen molar-refractivity contribution in [2.45, 2.75) is 141 Å². The van der Waals surface area contributed by atoms with Crippen molar-refractivity contribution < 1.29 is 47.8 Å². The summed E-state index contributed by atoms with van der Waals surface area (Å²) in [6, 6.07) is 13.6. The Morgan fingerprint density at radius 3 is 1.22 bits per heavy atom. The Morgan fingerprint density at radius 2 is 0.882 bits per heavy atom. The number of likely N-dealkylation sites (N-methyl/N-ethyl adjacent to an activating group) is 2. The second-order valence-electron chi connectivity index (χ2n) is 22.5. The van der Waals surface area contributed by atoms with Crippen LogP contribution in [0.3, 0.4) is 0 Å². The molecule has 2 fully saturated rings. The molecule has 10 unspecified atom stereocenters. The minimum atomic E-state index is -1.01. The van der Waals surface area contributed by atoms with Gasteiger partial charge in [-0.3, -0.25) is 38.4 Å². The fourth-order valence-electron chi connectivity index (χ4n) is 10.1. The Hall–Kier alpha value is -7.06. The number of hydrogen-bond donors (Lipinski definition) is 8. The molecule has 8 N–H and O–H groups in total. The van der Waals surface area contributed by atoms with E-state index in [9.17, 15) is 38.4 Å². The van der Waals surface area contributed by atoms with E-state index in [1.807, 2.05) is 90.1 Å². The summed E-state index contributed by atoms with van der Waals surface area (Å²) in [7, 11) is 3.29. The van der Waals surface area contributed by atoms with Gasteiger partial charge in [0.1, 0.15) is 35.7 Å². The van der Waals surface area contributed by atoms with Gasteiger partial charge in [-0.15, -0.1) is 0 Å². The highest BCUT2D eigenvalue weighted by Gasteiger charge is 2.48. The number of carbonyl (C=O) groups is 8. The number of fused-ring (bicyclic) bond motifs is 2. The number of nitrogens with zero attached hydrogens (tertiary/aromatic N) is 2. The Bertz CT molecular complexity index is 2470. The molecule has 410 valence electrons. The number of amides is 8. The van der Waals surface area contributed by atoms with Gasteiger partial charge in [-0.1, -0.05) is 77.9 Å². The third-order valence-electron chi connectivity index (χ3n) is 14.9. The monoisotopic (exact) mass is 1050 g/mol. The lowest BCUT2D eigenvalue weighted by molar-refractivity contribution is -0.144. The quantitative estimate of drug-likeness (QED) is 0.103. The SMILES string of the molecule is CNC(C)C(=O)NC(C(=O)N1CC(NC(=O)c2ccc(C(=O)NC3CC(C(=O)NC4CCOc5ccccc54)N(C(=O)C(NC(=O)C(C)NC)C(C)(C)C)C3)cc2)CC1C(=O)NC1CCOc2ccccc21)C(C)(C)C. The molecule has 0 saturated carbocycles. The molecule has 2 saturated heterocycles. The van der Waals surface area contributed by atoms with Crippen LogP contribution in [0.4, 0.5) is 0 Å².